The molecule has 0 fully saturated rings. The first-order chi connectivity index (χ1) is 9.63. The van der Waals surface area contributed by atoms with Gasteiger partial charge in [-0.3, -0.25) is 10.1 Å². The van der Waals surface area contributed by atoms with Gasteiger partial charge in [0.25, 0.3) is 5.69 Å². The molecule has 0 aliphatic carbocycles. The second kappa shape index (κ2) is 6.43. The Morgan fingerprint density at radius 3 is 2.65 bits per heavy atom. The van der Waals surface area contributed by atoms with Gasteiger partial charge in [0.15, 0.2) is 0 Å². The van der Waals surface area contributed by atoms with Gasteiger partial charge in [0.1, 0.15) is 0 Å². The molecule has 0 atom stereocenters. The second-order valence-electron chi connectivity index (χ2n) is 4.37. The number of hydrogen-bond donors (Lipinski definition) is 1. The highest BCUT2D eigenvalue weighted by molar-refractivity contribution is 7.98. The summed E-state index contributed by atoms with van der Waals surface area (Å²) >= 11 is 1.67. The number of rotatable bonds is 5. The predicted molar refractivity (Wildman–Crippen MR) is 83.4 cm³/mol. The molecule has 2 rings (SSSR count). The lowest BCUT2D eigenvalue weighted by Gasteiger charge is -2.12. The molecule has 2 aromatic carbocycles. The van der Waals surface area contributed by atoms with Gasteiger partial charge in [0.05, 0.1) is 4.92 Å². The van der Waals surface area contributed by atoms with Crippen LogP contribution in [0.1, 0.15) is 11.1 Å². The molecule has 0 bridgehead atoms. The minimum atomic E-state index is -0.339. The van der Waals surface area contributed by atoms with Crippen molar-refractivity contribution in [2.75, 3.05) is 11.6 Å². The molecule has 1 N–H and O–H groups in total. The molecular weight excluding hydrogens is 272 g/mol. The Morgan fingerprint density at radius 1 is 1.20 bits per heavy atom. The van der Waals surface area contributed by atoms with E-state index in [0.29, 0.717) is 12.1 Å². The normalized spacial score (nSPS) is 10.3. The van der Waals surface area contributed by atoms with Crippen molar-refractivity contribution in [2.45, 2.75) is 18.4 Å². The van der Waals surface area contributed by atoms with Crippen molar-refractivity contribution in [3.63, 3.8) is 0 Å². The molecule has 0 aliphatic heterocycles. The van der Waals surface area contributed by atoms with Crippen LogP contribution < -0.4 is 5.32 Å². The topological polar surface area (TPSA) is 55.2 Å². The fourth-order valence-corrected chi connectivity index (χ4v) is 2.62. The quantitative estimate of drug-likeness (QED) is 0.508. The highest BCUT2D eigenvalue weighted by atomic mass is 32.2. The van der Waals surface area contributed by atoms with Gasteiger partial charge in [-0.1, -0.05) is 24.3 Å². The minimum Gasteiger partial charge on any atom is -0.380 e. The Morgan fingerprint density at radius 2 is 1.95 bits per heavy atom. The molecule has 2 aromatic rings. The zero-order valence-electron chi connectivity index (χ0n) is 11.4. The minimum absolute atomic E-state index is 0.169. The van der Waals surface area contributed by atoms with Gasteiger partial charge in [-0.2, -0.15) is 0 Å². The van der Waals surface area contributed by atoms with E-state index in [1.165, 1.54) is 6.07 Å². The summed E-state index contributed by atoms with van der Waals surface area (Å²) in [6.07, 6.45) is 2.03. The largest absolute Gasteiger partial charge is 0.380 e. The highest BCUT2D eigenvalue weighted by Crippen LogP contribution is 2.26. The van der Waals surface area contributed by atoms with Crippen LogP contribution in [0, 0.1) is 17.0 Å². The summed E-state index contributed by atoms with van der Waals surface area (Å²) < 4.78 is 0. The van der Waals surface area contributed by atoms with E-state index in [-0.39, 0.29) is 10.6 Å². The van der Waals surface area contributed by atoms with Crippen LogP contribution in [0.25, 0.3) is 0 Å². The van der Waals surface area contributed by atoms with E-state index in [4.69, 9.17) is 0 Å². The number of anilines is 1. The Labute approximate surface area is 122 Å². The van der Waals surface area contributed by atoms with Gasteiger partial charge in [-0.05, 0) is 30.9 Å². The maximum absolute atomic E-state index is 10.9. The molecule has 4 nitrogen and oxygen atoms in total. The van der Waals surface area contributed by atoms with Crippen molar-refractivity contribution in [3.05, 3.63) is 63.7 Å². The van der Waals surface area contributed by atoms with Crippen LogP contribution in [0.5, 0.6) is 0 Å². The molecule has 0 aliphatic rings. The third-order valence-corrected chi connectivity index (χ3v) is 3.99. The van der Waals surface area contributed by atoms with Gasteiger partial charge in [0.2, 0.25) is 0 Å². The summed E-state index contributed by atoms with van der Waals surface area (Å²) in [6, 6.07) is 13.2. The molecule has 0 aromatic heterocycles. The molecule has 0 heterocycles. The lowest BCUT2D eigenvalue weighted by atomic mass is 10.1. The summed E-state index contributed by atoms with van der Waals surface area (Å²) in [7, 11) is 0. The van der Waals surface area contributed by atoms with Crippen LogP contribution in [0.4, 0.5) is 11.4 Å². The third kappa shape index (κ3) is 3.11. The number of nitro groups is 1. The number of thioether (sulfide) groups is 1. The van der Waals surface area contributed by atoms with Crippen LogP contribution in [-0.2, 0) is 6.54 Å². The molecule has 0 saturated heterocycles. The van der Waals surface area contributed by atoms with Crippen LogP contribution in [0.3, 0.4) is 0 Å². The van der Waals surface area contributed by atoms with Crippen molar-refractivity contribution < 1.29 is 4.92 Å². The van der Waals surface area contributed by atoms with Gasteiger partial charge < -0.3 is 5.32 Å². The summed E-state index contributed by atoms with van der Waals surface area (Å²) in [5, 5.41) is 14.3. The van der Waals surface area contributed by atoms with E-state index in [9.17, 15) is 10.1 Å². The average Bonchev–Trinajstić information content (AvgIpc) is 2.46. The van der Waals surface area contributed by atoms with Crippen molar-refractivity contribution >= 4 is 23.1 Å². The number of hydrogen-bond acceptors (Lipinski definition) is 4. The molecule has 20 heavy (non-hydrogen) atoms. The van der Waals surface area contributed by atoms with Crippen molar-refractivity contribution in [1.82, 2.24) is 0 Å². The zero-order chi connectivity index (χ0) is 14.5. The van der Waals surface area contributed by atoms with Crippen LogP contribution >= 0.6 is 11.8 Å². The SMILES string of the molecule is CSc1ccccc1NCc1cccc([N+](=O)[O-])c1C. The number of para-hydroxylation sites is 1. The van der Waals surface area contributed by atoms with E-state index >= 15 is 0 Å². The number of benzene rings is 2. The summed E-state index contributed by atoms with van der Waals surface area (Å²) in [6.45, 7) is 2.36. The number of nitrogens with zero attached hydrogens (tertiary/aromatic N) is 1. The lowest BCUT2D eigenvalue weighted by molar-refractivity contribution is -0.385. The summed E-state index contributed by atoms with van der Waals surface area (Å²) in [4.78, 5) is 11.8. The molecule has 0 amide bonds. The van der Waals surface area contributed by atoms with Crippen LogP contribution in [-0.4, -0.2) is 11.2 Å². The standard InChI is InChI=1S/C15H16N2O2S/c1-11-12(6-5-8-14(11)17(18)19)10-16-13-7-3-4-9-15(13)20-2/h3-9,16H,10H2,1-2H3. The first kappa shape index (κ1) is 14.4. The third-order valence-electron chi connectivity index (χ3n) is 3.19. The first-order valence-electron chi connectivity index (χ1n) is 6.23. The van der Waals surface area contributed by atoms with Gasteiger partial charge >= 0.3 is 0 Å². The van der Waals surface area contributed by atoms with E-state index in [1.54, 1.807) is 24.8 Å². The summed E-state index contributed by atoms with van der Waals surface area (Å²) in [5.74, 6) is 0. The smallest absolute Gasteiger partial charge is 0.272 e. The highest BCUT2D eigenvalue weighted by Gasteiger charge is 2.13. The number of nitro benzene ring substituents is 1. The molecule has 104 valence electrons. The molecule has 0 unspecified atom stereocenters. The Balaban J connectivity index is 2.19. The van der Waals surface area contributed by atoms with E-state index in [2.05, 4.69) is 5.32 Å². The average molecular weight is 288 g/mol. The zero-order valence-corrected chi connectivity index (χ0v) is 12.2. The maximum Gasteiger partial charge on any atom is 0.272 e. The number of nitrogens with one attached hydrogen (secondary N) is 1. The molecule has 0 spiro atoms. The van der Waals surface area contributed by atoms with Gasteiger partial charge in [-0.15, -0.1) is 11.8 Å². The van der Waals surface area contributed by atoms with E-state index < -0.39 is 0 Å². The summed E-state index contributed by atoms with van der Waals surface area (Å²) in [5.41, 5.74) is 2.87. The molecular formula is C15H16N2O2S. The maximum atomic E-state index is 10.9. The molecule has 0 saturated carbocycles. The van der Waals surface area contributed by atoms with Crippen molar-refractivity contribution in [2.24, 2.45) is 0 Å². The van der Waals surface area contributed by atoms with Crippen LogP contribution in [0.2, 0.25) is 0 Å². The van der Waals surface area contributed by atoms with Crippen molar-refractivity contribution in [1.29, 1.82) is 0 Å². The first-order valence-corrected chi connectivity index (χ1v) is 7.45. The van der Waals surface area contributed by atoms with E-state index in [0.717, 1.165) is 16.1 Å². The van der Waals surface area contributed by atoms with Crippen LogP contribution in [0.15, 0.2) is 47.4 Å². The second-order valence-corrected chi connectivity index (χ2v) is 5.22. The Bertz CT molecular complexity index is 629. The Hall–Kier alpha value is -2.01. The Kier molecular flexibility index (Phi) is 4.63. The fourth-order valence-electron chi connectivity index (χ4n) is 2.04. The molecule has 0 radical (unpaired) electrons. The predicted octanol–water partition coefficient (Wildman–Crippen LogP) is 4.24. The van der Waals surface area contributed by atoms with Gasteiger partial charge in [-0.25, -0.2) is 0 Å². The van der Waals surface area contributed by atoms with Gasteiger partial charge in [0, 0.05) is 28.8 Å². The van der Waals surface area contributed by atoms with E-state index in [1.807, 2.05) is 36.6 Å². The fraction of sp³-hybridized carbons (Fsp3) is 0.200. The molecule has 5 heteroatoms. The lowest BCUT2D eigenvalue weighted by Crippen LogP contribution is -2.04. The monoisotopic (exact) mass is 288 g/mol. The van der Waals surface area contributed by atoms with Crippen molar-refractivity contribution in [3.8, 4) is 0 Å².